The van der Waals surface area contributed by atoms with Crippen molar-refractivity contribution < 1.29 is 0 Å². The molecule has 0 aliphatic carbocycles. The van der Waals surface area contributed by atoms with Gasteiger partial charge in [-0.1, -0.05) is 6.92 Å². The quantitative estimate of drug-likeness (QED) is 0.858. The molecule has 0 amide bonds. The first-order chi connectivity index (χ1) is 8.72. The summed E-state index contributed by atoms with van der Waals surface area (Å²) in [7, 11) is 0. The lowest BCUT2D eigenvalue weighted by molar-refractivity contribution is 0.369. The zero-order valence-corrected chi connectivity index (χ0v) is 12.4. The number of nitrogens with zero attached hydrogens (tertiary/aromatic N) is 3. The average Bonchev–Trinajstić information content (AvgIpc) is 2.99. The van der Waals surface area contributed by atoms with Crippen LogP contribution in [0.5, 0.6) is 0 Å². The molecule has 18 heavy (non-hydrogen) atoms. The summed E-state index contributed by atoms with van der Waals surface area (Å²) in [5.41, 5.74) is 0. The molecule has 1 aliphatic heterocycles. The Hall–Kier alpha value is -0.550. The Morgan fingerprint density at radius 2 is 2.39 bits per heavy atom. The van der Waals surface area contributed by atoms with Gasteiger partial charge in [0.15, 0.2) is 0 Å². The first kappa shape index (κ1) is 13.9. The highest BCUT2D eigenvalue weighted by atomic mass is 32.2. The number of nitrogens with one attached hydrogen (secondary N) is 1. The zero-order chi connectivity index (χ0) is 13.0. The van der Waals surface area contributed by atoms with Crippen molar-refractivity contribution in [1.82, 2.24) is 20.1 Å². The molecule has 1 aliphatic rings. The second-order valence-electron chi connectivity index (χ2n) is 5.21. The second-order valence-corrected chi connectivity index (χ2v) is 6.36. The largest absolute Gasteiger partial charge is 0.313 e. The first-order valence-electron chi connectivity index (χ1n) is 6.91. The van der Waals surface area contributed by atoms with Gasteiger partial charge in [-0.3, -0.25) is 0 Å². The number of rotatable bonds is 6. The molecule has 2 heterocycles. The van der Waals surface area contributed by atoms with Crippen LogP contribution in [0.2, 0.25) is 0 Å². The van der Waals surface area contributed by atoms with E-state index in [1.54, 1.807) is 6.33 Å². The van der Waals surface area contributed by atoms with Gasteiger partial charge in [-0.25, -0.2) is 9.67 Å². The van der Waals surface area contributed by atoms with E-state index in [1.165, 1.54) is 17.9 Å². The molecule has 5 heteroatoms. The van der Waals surface area contributed by atoms with Crippen LogP contribution in [0.4, 0.5) is 0 Å². The molecule has 1 saturated heterocycles. The maximum atomic E-state index is 4.44. The van der Waals surface area contributed by atoms with Gasteiger partial charge < -0.3 is 5.32 Å². The maximum Gasteiger partial charge on any atom is 0.138 e. The first-order valence-corrected chi connectivity index (χ1v) is 8.07. The molecule has 2 unspecified atom stereocenters. The molecule has 2 atom stereocenters. The monoisotopic (exact) mass is 268 g/mol. The predicted octanol–water partition coefficient (Wildman–Crippen LogP) is 2.13. The molecule has 1 fully saturated rings. The molecule has 4 nitrogen and oxygen atoms in total. The highest BCUT2D eigenvalue weighted by Gasteiger charge is 2.26. The third-order valence-electron chi connectivity index (χ3n) is 3.54. The van der Waals surface area contributed by atoms with E-state index >= 15 is 0 Å². The van der Waals surface area contributed by atoms with Crippen molar-refractivity contribution in [2.45, 2.75) is 45.7 Å². The van der Waals surface area contributed by atoms with Crippen molar-refractivity contribution in [1.29, 1.82) is 0 Å². The summed E-state index contributed by atoms with van der Waals surface area (Å²) in [6.07, 6.45) is 4.01. The van der Waals surface area contributed by atoms with Crippen LogP contribution < -0.4 is 5.32 Å². The zero-order valence-electron chi connectivity index (χ0n) is 11.6. The Balaban J connectivity index is 2.05. The molecule has 0 saturated carbocycles. The van der Waals surface area contributed by atoms with Gasteiger partial charge in [0, 0.05) is 18.5 Å². The minimum absolute atomic E-state index is 0.391. The molecule has 1 aromatic rings. The van der Waals surface area contributed by atoms with Crippen molar-refractivity contribution in [3.05, 3.63) is 12.2 Å². The predicted molar refractivity (Wildman–Crippen MR) is 77.0 cm³/mol. The van der Waals surface area contributed by atoms with E-state index in [4.69, 9.17) is 0 Å². The minimum atomic E-state index is 0.391. The summed E-state index contributed by atoms with van der Waals surface area (Å²) < 4.78 is 2.05. The van der Waals surface area contributed by atoms with Crippen molar-refractivity contribution in [2.24, 2.45) is 5.92 Å². The molecule has 0 radical (unpaired) electrons. The molecule has 1 aromatic heterocycles. The molecule has 0 aromatic carbocycles. The molecule has 102 valence electrons. The summed E-state index contributed by atoms with van der Waals surface area (Å²) >= 11 is 2.08. The molecular formula is C13H24N4S. The van der Waals surface area contributed by atoms with Gasteiger partial charge in [0.25, 0.3) is 0 Å². The Morgan fingerprint density at radius 3 is 3.00 bits per heavy atom. The van der Waals surface area contributed by atoms with Gasteiger partial charge in [-0.2, -0.15) is 16.9 Å². The highest BCUT2D eigenvalue weighted by molar-refractivity contribution is 7.99. The number of hydrogen-bond acceptors (Lipinski definition) is 4. The molecule has 2 rings (SSSR count). The van der Waals surface area contributed by atoms with Crippen LogP contribution in [0.25, 0.3) is 0 Å². The van der Waals surface area contributed by atoms with Crippen LogP contribution in [-0.4, -0.2) is 38.9 Å². The van der Waals surface area contributed by atoms with Crippen LogP contribution in [0, 0.1) is 5.92 Å². The Labute approximate surface area is 114 Å². The fraction of sp³-hybridized carbons (Fsp3) is 0.846. The maximum absolute atomic E-state index is 4.44. The van der Waals surface area contributed by atoms with Gasteiger partial charge in [0.05, 0.1) is 0 Å². The van der Waals surface area contributed by atoms with Gasteiger partial charge in [-0.05, 0) is 44.2 Å². The number of likely N-dealkylation sites (N-methyl/N-ethyl adjacent to an activating group) is 1. The lowest BCUT2D eigenvalue weighted by atomic mass is 9.96. The summed E-state index contributed by atoms with van der Waals surface area (Å²) in [6.45, 7) is 7.53. The van der Waals surface area contributed by atoms with E-state index in [1.807, 2.05) is 4.68 Å². The second kappa shape index (κ2) is 6.57. The third-order valence-corrected chi connectivity index (χ3v) is 4.73. The summed E-state index contributed by atoms with van der Waals surface area (Å²) in [6, 6.07) is 0.939. The Bertz CT molecular complexity index is 358. The van der Waals surface area contributed by atoms with Crippen LogP contribution in [0.1, 0.15) is 39.1 Å². The van der Waals surface area contributed by atoms with Crippen molar-refractivity contribution in [3.8, 4) is 0 Å². The standard InChI is InChI=1S/C13H24N4S/c1-4-14-12(11-5-6-18-8-11)7-13-15-9-16-17(13)10(2)3/h9-12,14H,4-8H2,1-3H3. The summed E-state index contributed by atoms with van der Waals surface area (Å²) in [4.78, 5) is 4.44. The van der Waals surface area contributed by atoms with E-state index in [2.05, 4.69) is 47.9 Å². The van der Waals surface area contributed by atoms with Crippen LogP contribution in [0.3, 0.4) is 0 Å². The summed E-state index contributed by atoms with van der Waals surface area (Å²) in [5, 5.41) is 7.96. The van der Waals surface area contributed by atoms with Gasteiger partial charge in [0.1, 0.15) is 12.2 Å². The van der Waals surface area contributed by atoms with E-state index in [0.717, 1.165) is 24.7 Å². The molecule has 0 bridgehead atoms. The number of aromatic nitrogens is 3. The van der Waals surface area contributed by atoms with Crippen molar-refractivity contribution in [2.75, 3.05) is 18.1 Å². The van der Waals surface area contributed by atoms with Crippen LogP contribution in [-0.2, 0) is 6.42 Å². The van der Waals surface area contributed by atoms with Gasteiger partial charge in [-0.15, -0.1) is 0 Å². The van der Waals surface area contributed by atoms with Crippen LogP contribution in [0.15, 0.2) is 6.33 Å². The van der Waals surface area contributed by atoms with Gasteiger partial charge in [0.2, 0.25) is 0 Å². The Kier molecular flexibility index (Phi) is 5.06. The van der Waals surface area contributed by atoms with Gasteiger partial charge >= 0.3 is 0 Å². The molecule has 1 N–H and O–H groups in total. The average molecular weight is 268 g/mol. The van der Waals surface area contributed by atoms with E-state index in [-0.39, 0.29) is 0 Å². The lowest BCUT2D eigenvalue weighted by Gasteiger charge is -2.24. The lowest BCUT2D eigenvalue weighted by Crippen LogP contribution is -2.39. The smallest absolute Gasteiger partial charge is 0.138 e. The SMILES string of the molecule is CCNC(Cc1ncnn1C(C)C)C1CCSC1. The van der Waals surface area contributed by atoms with E-state index < -0.39 is 0 Å². The third kappa shape index (κ3) is 3.26. The highest BCUT2D eigenvalue weighted by Crippen LogP contribution is 2.27. The fourth-order valence-electron chi connectivity index (χ4n) is 2.59. The number of hydrogen-bond donors (Lipinski definition) is 1. The minimum Gasteiger partial charge on any atom is -0.313 e. The topological polar surface area (TPSA) is 42.7 Å². The normalized spacial score (nSPS) is 21.7. The van der Waals surface area contributed by atoms with Crippen LogP contribution >= 0.6 is 11.8 Å². The van der Waals surface area contributed by atoms with Crippen molar-refractivity contribution >= 4 is 11.8 Å². The van der Waals surface area contributed by atoms with Crippen molar-refractivity contribution in [3.63, 3.8) is 0 Å². The molecule has 0 spiro atoms. The molecular weight excluding hydrogens is 244 g/mol. The van der Waals surface area contributed by atoms with E-state index in [9.17, 15) is 0 Å². The number of thioether (sulfide) groups is 1. The fourth-order valence-corrected chi connectivity index (χ4v) is 3.92. The van der Waals surface area contributed by atoms with E-state index in [0.29, 0.717) is 12.1 Å². The summed E-state index contributed by atoms with van der Waals surface area (Å²) in [5.74, 6) is 4.50. The Morgan fingerprint density at radius 1 is 1.56 bits per heavy atom.